The predicted octanol–water partition coefficient (Wildman–Crippen LogP) is 1.53. The van der Waals surface area contributed by atoms with Crippen LogP contribution in [0.3, 0.4) is 0 Å². The molecule has 0 aliphatic rings. The van der Waals surface area contributed by atoms with Crippen LogP contribution in [0.25, 0.3) is 0 Å². The molecule has 56 valence electrons. The van der Waals surface area contributed by atoms with E-state index in [-0.39, 0.29) is 0 Å². The highest BCUT2D eigenvalue weighted by molar-refractivity contribution is 5.91. The molecule has 0 bridgehead atoms. The number of carbonyl (C=O) groups excluding carboxylic acids is 1. The van der Waals surface area contributed by atoms with Gasteiger partial charge in [-0.05, 0) is 18.6 Å². The Bertz CT molecular complexity index is 266. The molecular weight excluding hydrogens is 140 g/mol. The summed E-state index contributed by atoms with van der Waals surface area (Å²) >= 11 is 0. The lowest BCUT2D eigenvalue weighted by Gasteiger charge is -2.00. The van der Waals surface area contributed by atoms with Crippen molar-refractivity contribution >= 4 is 5.97 Å². The fraction of sp³-hybridized carbons (Fsp3) is 0.111. The Labute approximate surface area is 65.8 Å². The molecular formula is C9H8O2. The smallest absolute Gasteiger partial charge is 0.338 e. The second-order valence-corrected chi connectivity index (χ2v) is 2.08. The predicted molar refractivity (Wildman–Crippen MR) is 41.2 cm³/mol. The van der Waals surface area contributed by atoms with Crippen molar-refractivity contribution in [3.63, 3.8) is 0 Å². The van der Waals surface area contributed by atoms with Crippen LogP contribution in [0, 0.1) is 6.92 Å². The summed E-state index contributed by atoms with van der Waals surface area (Å²) in [6.45, 7) is 5.50. The number of esters is 1. The van der Waals surface area contributed by atoms with E-state index in [4.69, 9.17) is 6.92 Å². The number of methoxy groups -OCH3 is 1. The Morgan fingerprint density at radius 1 is 1.45 bits per heavy atom. The average molecular weight is 148 g/mol. The van der Waals surface area contributed by atoms with E-state index in [0.717, 1.165) is 0 Å². The van der Waals surface area contributed by atoms with Crippen molar-refractivity contribution in [2.75, 3.05) is 7.11 Å². The lowest BCUT2D eigenvalue weighted by Crippen LogP contribution is -2.02. The van der Waals surface area contributed by atoms with Crippen LogP contribution in [-0.4, -0.2) is 13.1 Å². The second-order valence-electron chi connectivity index (χ2n) is 2.08. The molecule has 0 unspecified atom stereocenters. The molecule has 0 atom stereocenters. The molecule has 0 saturated carbocycles. The lowest BCUT2D eigenvalue weighted by molar-refractivity contribution is 0.0600. The van der Waals surface area contributed by atoms with Crippen LogP contribution >= 0.6 is 0 Å². The molecule has 0 spiro atoms. The Hall–Kier alpha value is -1.31. The molecule has 1 aromatic rings. The molecule has 1 rings (SSSR count). The van der Waals surface area contributed by atoms with Gasteiger partial charge in [-0.1, -0.05) is 18.2 Å². The Morgan fingerprint density at radius 2 is 2.09 bits per heavy atom. The van der Waals surface area contributed by atoms with Crippen LogP contribution in [0.5, 0.6) is 0 Å². The number of carbonyl (C=O) groups is 1. The molecule has 0 amide bonds. The maximum Gasteiger partial charge on any atom is 0.338 e. The van der Waals surface area contributed by atoms with Gasteiger partial charge in [0, 0.05) is 0 Å². The van der Waals surface area contributed by atoms with Crippen molar-refractivity contribution in [2.24, 2.45) is 0 Å². The SMILES string of the molecule is [CH]c1ccccc1C(=O)OC. The molecule has 0 aromatic heterocycles. The standard InChI is InChI=1S/C9H8O2/c1-7-5-3-4-6-8(7)9(10)11-2/h1,3-6H,2H3. The van der Waals surface area contributed by atoms with E-state index in [1.165, 1.54) is 7.11 Å². The Morgan fingerprint density at radius 3 is 2.64 bits per heavy atom. The van der Waals surface area contributed by atoms with Gasteiger partial charge in [0.25, 0.3) is 0 Å². The molecule has 0 fully saturated rings. The van der Waals surface area contributed by atoms with E-state index in [2.05, 4.69) is 4.74 Å². The topological polar surface area (TPSA) is 26.3 Å². The third-order valence-electron chi connectivity index (χ3n) is 1.37. The summed E-state index contributed by atoms with van der Waals surface area (Å²) in [4.78, 5) is 10.9. The summed E-state index contributed by atoms with van der Waals surface area (Å²) in [6.07, 6.45) is 0. The first-order valence-corrected chi connectivity index (χ1v) is 3.18. The summed E-state index contributed by atoms with van der Waals surface area (Å²) in [5.74, 6) is -0.400. The zero-order valence-corrected chi connectivity index (χ0v) is 6.20. The van der Waals surface area contributed by atoms with Crippen LogP contribution in [0.1, 0.15) is 15.9 Å². The van der Waals surface area contributed by atoms with Crippen LogP contribution in [0.15, 0.2) is 24.3 Å². The normalized spacial score (nSPS) is 9.27. The zero-order chi connectivity index (χ0) is 8.27. The highest BCUT2D eigenvalue weighted by Gasteiger charge is 2.06. The Kier molecular flexibility index (Phi) is 2.26. The average Bonchev–Trinajstić information content (AvgIpc) is 2.04. The molecule has 2 heteroatoms. The van der Waals surface area contributed by atoms with Crippen molar-refractivity contribution in [3.8, 4) is 0 Å². The first kappa shape index (κ1) is 7.79. The minimum Gasteiger partial charge on any atom is -0.465 e. The van der Waals surface area contributed by atoms with E-state index in [9.17, 15) is 4.79 Å². The van der Waals surface area contributed by atoms with Crippen molar-refractivity contribution < 1.29 is 9.53 Å². The first-order valence-electron chi connectivity index (χ1n) is 3.18. The molecule has 0 heterocycles. The van der Waals surface area contributed by atoms with Gasteiger partial charge in [-0.3, -0.25) is 0 Å². The molecule has 11 heavy (non-hydrogen) atoms. The zero-order valence-electron chi connectivity index (χ0n) is 6.20. The highest BCUT2D eigenvalue weighted by atomic mass is 16.5. The minimum absolute atomic E-state index is 0.400. The molecule has 0 saturated heterocycles. The largest absolute Gasteiger partial charge is 0.465 e. The van der Waals surface area contributed by atoms with Crippen LogP contribution < -0.4 is 0 Å². The summed E-state index contributed by atoms with van der Waals surface area (Å²) in [7, 11) is 1.33. The number of hydrogen-bond donors (Lipinski definition) is 0. The quantitative estimate of drug-likeness (QED) is 0.564. The summed E-state index contributed by atoms with van der Waals surface area (Å²) in [6, 6.07) is 6.79. The first-order chi connectivity index (χ1) is 5.25. The van der Waals surface area contributed by atoms with E-state index < -0.39 is 5.97 Å². The number of benzene rings is 1. The van der Waals surface area contributed by atoms with Gasteiger partial charge in [0.05, 0.1) is 12.7 Å². The number of rotatable bonds is 1. The molecule has 2 nitrogen and oxygen atoms in total. The molecule has 0 aliphatic carbocycles. The fourth-order valence-electron chi connectivity index (χ4n) is 0.793. The van der Waals surface area contributed by atoms with Crippen molar-refractivity contribution in [3.05, 3.63) is 42.3 Å². The monoisotopic (exact) mass is 148 g/mol. The molecule has 0 aliphatic heterocycles. The van der Waals surface area contributed by atoms with Gasteiger partial charge in [0.2, 0.25) is 0 Å². The Balaban J connectivity index is 3.03. The van der Waals surface area contributed by atoms with Gasteiger partial charge in [-0.2, -0.15) is 0 Å². The van der Waals surface area contributed by atoms with Crippen LogP contribution in [0.4, 0.5) is 0 Å². The van der Waals surface area contributed by atoms with E-state index in [1.807, 2.05) is 0 Å². The summed E-state index contributed by atoms with van der Waals surface area (Å²) in [5, 5.41) is 0. The van der Waals surface area contributed by atoms with Crippen LogP contribution in [-0.2, 0) is 4.74 Å². The van der Waals surface area contributed by atoms with Crippen molar-refractivity contribution in [2.45, 2.75) is 0 Å². The highest BCUT2D eigenvalue weighted by Crippen LogP contribution is 2.07. The van der Waals surface area contributed by atoms with Crippen LogP contribution in [0.2, 0.25) is 0 Å². The van der Waals surface area contributed by atoms with Gasteiger partial charge >= 0.3 is 5.97 Å². The van der Waals surface area contributed by atoms with Gasteiger partial charge in [-0.25, -0.2) is 4.79 Å². The summed E-state index contributed by atoms with van der Waals surface area (Å²) in [5.41, 5.74) is 0.856. The maximum atomic E-state index is 10.9. The number of ether oxygens (including phenoxy) is 1. The van der Waals surface area contributed by atoms with Gasteiger partial charge in [-0.15, -0.1) is 0 Å². The minimum atomic E-state index is -0.400. The maximum absolute atomic E-state index is 10.9. The molecule has 0 N–H and O–H groups in total. The second kappa shape index (κ2) is 3.19. The summed E-state index contributed by atoms with van der Waals surface area (Å²) < 4.78 is 4.50. The third-order valence-corrected chi connectivity index (χ3v) is 1.37. The lowest BCUT2D eigenvalue weighted by atomic mass is 10.1. The molecule has 1 aromatic carbocycles. The van der Waals surface area contributed by atoms with E-state index in [0.29, 0.717) is 11.1 Å². The fourth-order valence-corrected chi connectivity index (χ4v) is 0.793. The molecule has 2 radical (unpaired) electrons. The van der Waals surface area contributed by atoms with Gasteiger partial charge in [0.15, 0.2) is 0 Å². The number of hydrogen-bond acceptors (Lipinski definition) is 2. The van der Waals surface area contributed by atoms with E-state index >= 15 is 0 Å². The third kappa shape index (κ3) is 1.58. The van der Waals surface area contributed by atoms with Crippen molar-refractivity contribution in [1.29, 1.82) is 0 Å². The van der Waals surface area contributed by atoms with Gasteiger partial charge < -0.3 is 4.74 Å². The van der Waals surface area contributed by atoms with Crippen molar-refractivity contribution in [1.82, 2.24) is 0 Å². The van der Waals surface area contributed by atoms with E-state index in [1.54, 1.807) is 24.3 Å². The van der Waals surface area contributed by atoms with Gasteiger partial charge in [0.1, 0.15) is 0 Å².